The highest BCUT2D eigenvalue weighted by molar-refractivity contribution is 5.89. The third kappa shape index (κ3) is 3.77. The number of amides is 1. The topological polar surface area (TPSA) is 91.9 Å². The van der Waals surface area contributed by atoms with E-state index in [1.165, 1.54) is 24.6 Å². The minimum absolute atomic E-state index is 0.00551. The van der Waals surface area contributed by atoms with Crippen LogP contribution in [-0.2, 0) is 11.2 Å². The van der Waals surface area contributed by atoms with Gasteiger partial charge in [0.05, 0.1) is 6.42 Å². The molecule has 1 amide bonds. The molecule has 6 nitrogen and oxygen atoms in total. The minimum atomic E-state index is -0.551. The second-order valence-corrected chi connectivity index (χ2v) is 5.72. The third-order valence-corrected chi connectivity index (χ3v) is 3.93. The van der Waals surface area contributed by atoms with Crippen LogP contribution in [0.3, 0.4) is 0 Å². The SMILES string of the molecule is O=C(Cc1cc(=O)oc2cc(O)ccc12)NN=C1CCCCC1. The normalized spacial score (nSPS) is 14.7. The maximum atomic E-state index is 12.1. The van der Waals surface area contributed by atoms with E-state index in [4.69, 9.17) is 4.42 Å². The van der Waals surface area contributed by atoms with Crippen molar-refractivity contribution in [3.63, 3.8) is 0 Å². The monoisotopic (exact) mass is 314 g/mol. The molecular formula is C17H18N2O4. The summed E-state index contributed by atoms with van der Waals surface area (Å²) >= 11 is 0. The van der Waals surface area contributed by atoms with Crippen molar-refractivity contribution in [1.29, 1.82) is 0 Å². The molecule has 0 spiro atoms. The molecule has 1 aromatic heterocycles. The van der Waals surface area contributed by atoms with Gasteiger partial charge in [-0.1, -0.05) is 6.42 Å². The van der Waals surface area contributed by atoms with Gasteiger partial charge >= 0.3 is 5.63 Å². The highest BCUT2D eigenvalue weighted by atomic mass is 16.4. The van der Waals surface area contributed by atoms with E-state index < -0.39 is 5.63 Å². The summed E-state index contributed by atoms with van der Waals surface area (Å²) in [6, 6.07) is 5.78. The molecule has 1 aromatic carbocycles. The summed E-state index contributed by atoms with van der Waals surface area (Å²) in [5, 5.41) is 14.3. The number of fused-ring (bicyclic) bond motifs is 1. The van der Waals surface area contributed by atoms with Crippen LogP contribution in [0.2, 0.25) is 0 Å². The van der Waals surface area contributed by atoms with E-state index in [1.54, 1.807) is 6.07 Å². The second-order valence-electron chi connectivity index (χ2n) is 5.72. The molecule has 2 N–H and O–H groups in total. The molecule has 0 bridgehead atoms. The summed E-state index contributed by atoms with van der Waals surface area (Å²) in [4.78, 5) is 23.7. The molecule has 0 radical (unpaired) electrons. The summed E-state index contributed by atoms with van der Waals surface area (Å²) in [5.41, 5.74) is 3.85. The first-order valence-corrected chi connectivity index (χ1v) is 7.72. The molecule has 23 heavy (non-hydrogen) atoms. The van der Waals surface area contributed by atoms with Crippen LogP contribution in [0, 0.1) is 0 Å². The van der Waals surface area contributed by atoms with Gasteiger partial charge < -0.3 is 9.52 Å². The van der Waals surface area contributed by atoms with Crippen LogP contribution >= 0.6 is 0 Å². The van der Waals surface area contributed by atoms with Crippen LogP contribution in [0.1, 0.15) is 37.7 Å². The Morgan fingerprint density at radius 2 is 2.00 bits per heavy atom. The van der Waals surface area contributed by atoms with Crippen molar-refractivity contribution in [1.82, 2.24) is 5.43 Å². The van der Waals surface area contributed by atoms with Crippen molar-refractivity contribution in [3.8, 4) is 5.75 Å². The van der Waals surface area contributed by atoms with Crippen LogP contribution < -0.4 is 11.1 Å². The predicted molar refractivity (Wildman–Crippen MR) is 86.5 cm³/mol. The Morgan fingerprint density at radius 1 is 1.22 bits per heavy atom. The van der Waals surface area contributed by atoms with Crippen LogP contribution in [0.15, 0.2) is 38.6 Å². The number of phenols is 1. The molecule has 3 rings (SSSR count). The van der Waals surface area contributed by atoms with E-state index in [9.17, 15) is 14.7 Å². The zero-order chi connectivity index (χ0) is 16.2. The third-order valence-electron chi connectivity index (χ3n) is 3.93. The maximum absolute atomic E-state index is 12.1. The van der Waals surface area contributed by atoms with Gasteiger partial charge in [0.25, 0.3) is 0 Å². The summed E-state index contributed by atoms with van der Waals surface area (Å²) in [6.45, 7) is 0. The largest absolute Gasteiger partial charge is 0.508 e. The van der Waals surface area contributed by atoms with Crippen molar-refractivity contribution >= 4 is 22.6 Å². The van der Waals surface area contributed by atoms with E-state index in [-0.39, 0.29) is 23.7 Å². The Balaban J connectivity index is 1.78. The molecule has 1 heterocycles. The molecule has 2 aromatic rings. The molecule has 0 unspecified atom stereocenters. The molecule has 1 aliphatic carbocycles. The molecule has 1 fully saturated rings. The van der Waals surface area contributed by atoms with Crippen LogP contribution in [-0.4, -0.2) is 16.7 Å². The zero-order valence-electron chi connectivity index (χ0n) is 12.7. The number of carbonyl (C=O) groups excluding carboxylic acids is 1. The molecular weight excluding hydrogens is 296 g/mol. The van der Waals surface area contributed by atoms with Crippen molar-refractivity contribution in [3.05, 3.63) is 40.2 Å². The first-order chi connectivity index (χ1) is 11.1. The quantitative estimate of drug-likeness (QED) is 0.672. The van der Waals surface area contributed by atoms with Gasteiger partial charge in [-0.3, -0.25) is 4.79 Å². The lowest BCUT2D eigenvalue weighted by atomic mass is 9.99. The molecule has 0 saturated heterocycles. The summed E-state index contributed by atoms with van der Waals surface area (Å²) in [6.07, 6.45) is 5.33. The fourth-order valence-corrected chi connectivity index (χ4v) is 2.79. The Labute approximate surface area is 132 Å². The predicted octanol–water partition coefficient (Wildman–Crippen LogP) is 2.48. The van der Waals surface area contributed by atoms with Crippen molar-refractivity contribution in [2.24, 2.45) is 5.10 Å². The number of nitrogens with zero attached hydrogens (tertiary/aromatic N) is 1. The number of benzene rings is 1. The molecule has 1 aliphatic rings. The van der Waals surface area contributed by atoms with E-state index in [0.29, 0.717) is 10.9 Å². The van der Waals surface area contributed by atoms with E-state index in [1.807, 2.05) is 0 Å². The average molecular weight is 314 g/mol. The smallest absolute Gasteiger partial charge is 0.336 e. The Bertz CT molecular complexity index is 815. The lowest BCUT2D eigenvalue weighted by Crippen LogP contribution is -2.23. The highest BCUT2D eigenvalue weighted by Crippen LogP contribution is 2.22. The van der Waals surface area contributed by atoms with Crippen LogP contribution in [0.4, 0.5) is 0 Å². The van der Waals surface area contributed by atoms with Gasteiger partial charge in [0.1, 0.15) is 11.3 Å². The summed E-state index contributed by atoms with van der Waals surface area (Å²) in [5.74, 6) is -0.269. The van der Waals surface area contributed by atoms with Gasteiger partial charge in [-0.15, -0.1) is 0 Å². The van der Waals surface area contributed by atoms with Crippen LogP contribution in [0.5, 0.6) is 5.75 Å². The van der Waals surface area contributed by atoms with E-state index >= 15 is 0 Å². The van der Waals surface area contributed by atoms with Crippen LogP contribution in [0.25, 0.3) is 11.0 Å². The van der Waals surface area contributed by atoms with Crippen molar-refractivity contribution in [2.45, 2.75) is 38.5 Å². The molecule has 1 saturated carbocycles. The van der Waals surface area contributed by atoms with Gasteiger partial charge in [-0.2, -0.15) is 5.10 Å². The Hall–Kier alpha value is -2.63. The number of hydrazone groups is 1. The fourth-order valence-electron chi connectivity index (χ4n) is 2.79. The number of hydrogen-bond donors (Lipinski definition) is 2. The number of phenolic OH excluding ortho intramolecular Hbond substituents is 1. The second kappa shape index (κ2) is 6.64. The first-order valence-electron chi connectivity index (χ1n) is 7.72. The lowest BCUT2D eigenvalue weighted by molar-refractivity contribution is -0.120. The average Bonchev–Trinajstić information content (AvgIpc) is 2.53. The molecule has 120 valence electrons. The Morgan fingerprint density at radius 3 is 2.78 bits per heavy atom. The summed E-state index contributed by atoms with van der Waals surface area (Å²) < 4.78 is 5.05. The van der Waals surface area contributed by atoms with Gasteiger partial charge in [0.15, 0.2) is 0 Å². The van der Waals surface area contributed by atoms with Gasteiger partial charge in [-0.25, -0.2) is 10.2 Å². The van der Waals surface area contributed by atoms with Gasteiger partial charge in [0.2, 0.25) is 5.91 Å². The lowest BCUT2D eigenvalue weighted by Gasteiger charge is -2.12. The number of nitrogens with one attached hydrogen (secondary N) is 1. The molecule has 0 atom stereocenters. The fraction of sp³-hybridized carbons (Fsp3) is 0.353. The maximum Gasteiger partial charge on any atom is 0.336 e. The minimum Gasteiger partial charge on any atom is -0.508 e. The number of aromatic hydroxyl groups is 1. The Kier molecular flexibility index (Phi) is 4.41. The zero-order valence-corrected chi connectivity index (χ0v) is 12.7. The summed E-state index contributed by atoms with van der Waals surface area (Å²) in [7, 11) is 0. The molecule has 0 aliphatic heterocycles. The number of hydrogen-bond acceptors (Lipinski definition) is 5. The number of rotatable bonds is 3. The van der Waals surface area contributed by atoms with Crippen molar-refractivity contribution < 1.29 is 14.3 Å². The first kappa shape index (κ1) is 15.3. The molecule has 6 heteroatoms. The van der Waals surface area contributed by atoms with E-state index in [2.05, 4.69) is 10.5 Å². The van der Waals surface area contributed by atoms with Crippen molar-refractivity contribution in [2.75, 3.05) is 0 Å². The van der Waals surface area contributed by atoms with Gasteiger partial charge in [0, 0.05) is 23.2 Å². The highest BCUT2D eigenvalue weighted by Gasteiger charge is 2.11. The standard InChI is InChI=1S/C17H18N2O4/c20-13-6-7-14-11(9-17(22)23-15(14)10-13)8-16(21)19-18-12-4-2-1-3-5-12/h6-7,9-10,20H,1-5,8H2,(H,19,21). The number of carbonyl (C=O) groups is 1. The van der Waals surface area contributed by atoms with Gasteiger partial charge in [-0.05, 0) is 43.4 Å². The van der Waals surface area contributed by atoms with E-state index in [0.717, 1.165) is 31.4 Å².